The fraction of sp³-hybridized carbons (Fsp3) is 0.667. The molecular weight excluding hydrogens is 424 g/mol. The molecule has 2 fully saturated rings. The van der Waals surface area contributed by atoms with Crippen LogP contribution in [0.25, 0.3) is 10.2 Å². The topological polar surface area (TPSA) is 75.6 Å². The van der Waals surface area contributed by atoms with Gasteiger partial charge in [-0.2, -0.15) is 0 Å². The third-order valence-electron chi connectivity index (χ3n) is 6.88. The van der Waals surface area contributed by atoms with Gasteiger partial charge in [-0.25, -0.2) is 9.97 Å². The Hall–Kier alpha value is -2.22. The lowest BCUT2D eigenvalue weighted by Crippen LogP contribution is -2.49. The summed E-state index contributed by atoms with van der Waals surface area (Å²) in [5, 5.41) is 1.27. The van der Waals surface area contributed by atoms with E-state index >= 15 is 0 Å². The number of esters is 1. The highest BCUT2D eigenvalue weighted by molar-refractivity contribution is 7.19. The van der Waals surface area contributed by atoms with Gasteiger partial charge in [0.25, 0.3) is 0 Å². The highest BCUT2D eigenvalue weighted by Gasteiger charge is 2.32. The van der Waals surface area contributed by atoms with Crippen LogP contribution in [0.1, 0.15) is 68.1 Å². The average molecular weight is 457 g/mol. The first-order valence-electron chi connectivity index (χ1n) is 12.0. The SMILES string of the molecule is CCOC(=O)CCC(=O)N1CCN(c2nc(C3CC3)nc3sc4c(c23)CCC(C)C4)CC1. The first-order chi connectivity index (χ1) is 15.5. The summed E-state index contributed by atoms with van der Waals surface area (Å²) in [4.78, 5) is 41.1. The van der Waals surface area contributed by atoms with Crippen LogP contribution in [-0.2, 0) is 27.2 Å². The Morgan fingerprint density at radius 1 is 1.09 bits per heavy atom. The standard InChI is InChI=1S/C24H32N4O3S/c1-3-31-20(30)9-8-19(29)27-10-12-28(13-11-27)23-21-17-7-4-15(2)14-18(17)32-24(21)26-22(25-23)16-5-6-16/h15-16H,3-14H2,1-2H3. The van der Waals surface area contributed by atoms with Gasteiger partial charge >= 0.3 is 5.97 Å². The van der Waals surface area contributed by atoms with Gasteiger partial charge in [-0.05, 0) is 50.5 Å². The second kappa shape index (κ2) is 8.96. The molecule has 2 aromatic heterocycles. The average Bonchev–Trinajstić information content (AvgIpc) is 3.58. The Morgan fingerprint density at radius 3 is 2.59 bits per heavy atom. The van der Waals surface area contributed by atoms with E-state index in [1.165, 1.54) is 35.1 Å². The number of piperazine rings is 1. The quantitative estimate of drug-likeness (QED) is 0.617. The number of carbonyl (C=O) groups is 2. The number of rotatable bonds is 6. The number of anilines is 1. The van der Waals surface area contributed by atoms with Crippen molar-refractivity contribution in [1.82, 2.24) is 14.9 Å². The van der Waals surface area contributed by atoms with Gasteiger partial charge in [0.2, 0.25) is 5.91 Å². The van der Waals surface area contributed by atoms with E-state index in [1.54, 1.807) is 6.92 Å². The maximum absolute atomic E-state index is 12.6. The Balaban J connectivity index is 1.34. The lowest BCUT2D eigenvalue weighted by Gasteiger charge is -2.36. The summed E-state index contributed by atoms with van der Waals surface area (Å²) in [5.41, 5.74) is 1.47. The number of hydrogen-bond acceptors (Lipinski definition) is 7. The van der Waals surface area contributed by atoms with Gasteiger partial charge in [-0.15, -0.1) is 11.3 Å². The molecule has 5 rings (SSSR count). The molecule has 0 aromatic carbocycles. The van der Waals surface area contributed by atoms with Gasteiger partial charge in [0, 0.05) is 43.4 Å². The summed E-state index contributed by atoms with van der Waals surface area (Å²) >= 11 is 1.87. The lowest BCUT2D eigenvalue weighted by atomic mass is 9.89. The van der Waals surface area contributed by atoms with Crippen molar-refractivity contribution in [2.24, 2.45) is 5.92 Å². The van der Waals surface area contributed by atoms with Gasteiger partial charge in [0.05, 0.1) is 18.4 Å². The maximum Gasteiger partial charge on any atom is 0.306 e. The van der Waals surface area contributed by atoms with Crippen molar-refractivity contribution in [3.63, 3.8) is 0 Å². The minimum Gasteiger partial charge on any atom is -0.466 e. The number of aryl methyl sites for hydroxylation is 1. The molecule has 0 bridgehead atoms. The second-order valence-electron chi connectivity index (χ2n) is 9.38. The minimum absolute atomic E-state index is 0.0334. The zero-order chi connectivity index (χ0) is 22.2. The zero-order valence-electron chi connectivity index (χ0n) is 19.1. The van der Waals surface area contributed by atoms with E-state index in [2.05, 4.69) is 11.8 Å². The van der Waals surface area contributed by atoms with Crippen LogP contribution in [0, 0.1) is 5.92 Å². The summed E-state index contributed by atoms with van der Waals surface area (Å²) in [7, 11) is 0. The van der Waals surface area contributed by atoms with Crippen molar-refractivity contribution in [3.05, 3.63) is 16.3 Å². The Morgan fingerprint density at radius 2 is 1.88 bits per heavy atom. The summed E-state index contributed by atoms with van der Waals surface area (Å²) in [6.45, 7) is 7.33. The van der Waals surface area contributed by atoms with E-state index in [4.69, 9.17) is 14.7 Å². The van der Waals surface area contributed by atoms with Crippen LogP contribution in [0.5, 0.6) is 0 Å². The molecule has 172 valence electrons. The molecular formula is C24H32N4O3S. The van der Waals surface area contributed by atoms with Gasteiger partial charge in [0.1, 0.15) is 16.5 Å². The van der Waals surface area contributed by atoms with Crippen LogP contribution in [-0.4, -0.2) is 59.5 Å². The molecule has 3 heterocycles. The number of aromatic nitrogens is 2. The fourth-order valence-electron chi connectivity index (χ4n) is 4.86. The van der Waals surface area contributed by atoms with Crippen molar-refractivity contribution >= 4 is 39.2 Å². The summed E-state index contributed by atoms with van der Waals surface area (Å²) in [6.07, 6.45) is 6.25. The molecule has 8 heteroatoms. The van der Waals surface area contributed by atoms with Gasteiger partial charge < -0.3 is 14.5 Å². The number of amides is 1. The van der Waals surface area contributed by atoms with Crippen molar-refractivity contribution in [2.45, 2.75) is 64.7 Å². The largest absolute Gasteiger partial charge is 0.466 e. The highest BCUT2D eigenvalue weighted by atomic mass is 32.1. The van der Waals surface area contributed by atoms with Crippen molar-refractivity contribution in [1.29, 1.82) is 0 Å². The van der Waals surface area contributed by atoms with Gasteiger partial charge in [-0.3, -0.25) is 9.59 Å². The van der Waals surface area contributed by atoms with Crippen LogP contribution in [0.4, 0.5) is 5.82 Å². The Kier molecular flexibility index (Phi) is 6.05. The summed E-state index contributed by atoms with van der Waals surface area (Å²) in [6, 6.07) is 0. The Bertz CT molecular complexity index is 1020. The molecule has 2 aliphatic carbocycles. The maximum atomic E-state index is 12.6. The molecule has 1 saturated heterocycles. The second-order valence-corrected chi connectivity index (χ2v) is 10.5. The number of carbonyl (C=O) groups excluding carboxylic acids is 2. The number of nitrogens with zero attached hydrogens (tertiary/aromatic N) is 4. The monoisotopic (exact) mass is 456 g/mol. The van der Waals surface area contributed by atoms with E-state index in [0.29, 0.717) is 25.6 Å². The van der Waals surface area contributed by atoms with E-state index in [1.807, 2.05) is 16.2 Å². The van der Waals surface area contributed by atoms with Crippen molar-refractivity contribution in [2.75, 3.05) is 37.7 Å². The number of fused-ring (bicyclic) bond motifs is 3. The van der Waals surface area contributed by atoms with E-state index in [9.17, 15) is 9.59 Å². The number of hydrogen-bond donors (Lipinski definition) is 0. The predicted octanol–water partition coefficient (Wildman–Crippen LogP) is 3.69. The zero-order valence-corrected chi connectivity index (χ0v) is 19.9. The minimum atomic E-state index is -0.299. The van der Waals surface area contributed by atoms with Gasteiger partial charge in [0.15, 0.2) is 0 Å². The van der Waals surface area contributed by atoms with Crippen molar-refractivity contribution in [3.8, 4) is 0 Å². The smallest absolute Gasteiger partial charge is 0.306 e. The number of thiophene rings is 1. The molecule has 0 radical (unpaired) electrons. The molecule has 2 aromatic rings. The normalized spacial score (nSPS) is 21.0. The molecule has 1 aliphatic heterocycles. The van der Waals surface area contributed by atoms with Crippen LogP contribution in [0.2, 0.25) is 0 Å². The van der Waals surface area contributed by atoms with E-state index in [-0.39, 0.29) is 24.7 Å². The van der Waals surface area contributed by atoms with E-state index < -0.39 is 0 Å². The molecule has 1 amide bonds. The van der Waals surface area contributed by atoms with Crippen LogP contribution in [0.15, 0.2) is 0 Å². The molecule has 1 saturated carbocycles. The van der Waals surface area contributed by atoms with E-state index in [0.717, 1.165) is 48.3 Å². The highest BCUT2D eigenvalue weighted by Crippen LogP contribution is 2.44. The first-order valence-corrected chi connectivity index (χ1v) is 12.9. The third kappa shape index (κ3) is 4.34. The van der Waals surface area contributed by atoms with Crippen LogP contribution >= 0.6 is 11.3 Å². The number of ether oxygens (including phenoxy) is 1. The van der Waals surface area contributed by atoms with Crippen molar-refractivity contribution < 1.29 is 14.3 Å². The Labute approximate surface area is 193 Å². The molecule has 1 unspecified atom stereocenters. The fourth-order valence-corrected chi connectivity index (χ4v) is 6.24. The summed E-state index contributed by atoms with van der Waals surface area (Å²) < 4.78 is 4.94. The molecule has 32 heavy (non-hydrogen) atoms. The predicted molar refractivity (Wildman–Crippen MR) is 125 cm³/mol. The molecule has 3 aliphatic rings. The molecule has 0 N–H and O–H groups in total. The molecule has 7 nitrogen and oxygen atoms in total. The van der Waals surface area contributed by atoms with Gasteiger partial charge in [-0.1, -0.05) is 6.92 Å². The molecule has 1 atom stereocenters. The van der Waals surface area contributed by atoms with Crippen LogP contribution in [0.3, 0.4) is 0 Å². The summed E-state index contributed by atoms with van der Waals surface area (Å²) in [5.74, 6) is 3.08. The first kappa shape index (κ1) is 21.6. The lowest BCUT2D eigenvalue weighted by molar-refractivity contribution is -0.145. The van der Waals surface area contributed by atoms with Crippen LogP contribution < -0.4 is 4.90 Å². The molecule has 0 spiro atoms. The third-order valence-corrected chi connectivity index (χ3v) is 8.02.